The zero-order valence-electron chi connectivity index (χ0n) is 15.0. The molecule has 0 heterocycles. The van der Waals surface area contributed by atoms with E-state index in [1.807, 2.05) is 36.4 Å². The Morgan fingerprint density at radius 1 is 0.833 bits per heavy atom. The summed E-state index contributed by atoms with van der Waals surface area (Å²) in [7, 11) is -0.885. The predicted octanol–water partition coefficient (Wildman–Crippen LogP) is 6.11. The van der Waals surface area contributed by atoms with Crippen LogP contribution in [0.1, 0.15) is 24.8 Å². The van der Waals surface area contributed by atoms with Crippen molar-refractivity contribution in [2.75, 3.05) is 6.61 Å². The Morgan fingerprint density at radius 2 is 1.42 bits per heavy atom. The van der Waals surface area contributed by atoms with Crippen LogP contribution in [0.15, 0.2) is 48.5 Å². The smallest absolute Gasteiger partial charge is 0.119 e. The van der Waals surface area contributed by atoms with E-state index in [4.69, 9.17) is 10.00 Å². The lowest BCUT2D eigenvalue weighted by atomic mass is 10.0. The number of nitriles is 1. The van der Waals surface area contributed by atoms with E-state index in [0.29, 0.717) is 5.56 Å². The molecule has 2 rings (SSSR count). The van der Waals surface area contributed by atoms with Crippen LogP contribution in [0.2, 0.25) is 25.7 Å². The minimum absolute atomic E-state index is 0.688. The Bertz CT molecular complexity index is 663. The first-order chi connectivity index (χ1) is 11.5. The van der Waals surface area contributed by atoms with Gasteiger partial charge in [-0.05, 0) is 41.8 Å². The fourth-order valence-electron chi connectivity index (χ4n) is 2.61. The van der Waals surface area contributed by atoms with Gasteiger partial charge in [0.1, 0.15) is 5.75 Å². The first-order valence-electron chi connectivity index (χ1n) is 8.71. The van der Waals surface area contributed by atoms with Crippen LogP contribution in [0.5, 0.6) is 5.75 Å². The minimum Gasteiger partial charge on any atom is -0.494 e. The van der Waals surface area contributed by atoms with E-state index >= 15 is 0 Å². The molecule has 0 aliphatic carbocycles. The van der Waals surface area contributed by atoms with E-state index in [9.17, 15) is 0 Å². The van der Waals surface area contributed by atoms with Crippen molar-refractivity contribution in [1.29, 1.82) is 5.26 Å². The summed E-state index contributed by atoms with van der Waals surface area (Å²) < 4.78 is 5.83. The summed E-state index contributed by atoms with van der Waals surface area (Å²) in [4.78, 5) is 0. The molecule has 0 amide bonds. The first-order valence-corrected chi connectivity index (χ1v) is 12.4. The molecule has 0 unspecified atom stereocenters. The van der Waals surface area contributed by atoms with Gasteiger partial charge in [-0.2, -0.15) is 5.26 Å². The molecule has 0 radical (unpaired) electrons. The summed E-state index contributed by atoms with van der Waals surface area (Å²) in [6, 6.07) is 19.4. The van der Waals surface area contributed by atoms with E-state index in [1.54, 1.807) is 0 Å². The molecular formula is C21H27NOSi. The van der Waals surface area contributed by atoms with Crippen LogP contribution in [-0.2, 0) is 0 Å². The molecule has 0 aliphatic rings. The van der Waals surface area contributed by atoms with Crippen molar-refractivity contribution in [2.45, 2.75) is 44.9 Å². The molecule has 2 aromatic carbocycles. The van der Waals surface area contributed by atoms with Crippen molar-refractivity contribution in [3.8, 4) is 22.9 Å². The van der Waals surface area contributed by atoms with Crippen molar-refractivity contribution in [2.24, 2.45) is 0 Å². The summed E-state index contributed by atoms with van der Waals surface area (Å²) in [5, 5.41) is 8.85. The third-order valence-electron chi connectivity index (χ3n) is 4.04. The van der Waals surface area contributed by atoms with Gasteiger partial charge in [0.15, 0.2) is 0 Å². The fourth-order valence-corrected chi connectivity index (χ4v) is 3.92. The minimum atomic E-state index is -0.885. The van der Waals surface area contributed by atoms with Crippen LogP contribution >= 0.6 is 0 Å². The number of hydrogen-bond acceptors (Lipinski definition) is 2. The van der Waals surface area contributed by atoms with Crippen molar-refractivity contribution in [1.82, 2.24) is 0 Å². The van der Waals surface area contributed by atoms with Gasteiger partial charge >= 0.3 is 0 Å². The predicted molar refractivity (Wildman–Crippen MR) is 104 cm³/mol. The third-order valence-corrected chi connectivity index (χ3v) is 5.90. The van der Waals surface area contributed by atoms with E-state index < -0.39 is 8.07 Å². The van der Waals surface area contributed by atoms with Gasteiger partial charge in [0.2, 0.25) is 0 Å². The molecule has 0 N–H and O–H groups in total. The van der Waals surface area contributed by atoms with Gasteiger partial charge in [0.05, 0.1) is 18.2 Å². The normalized spacial score (nSPS) is 11.1. The highest BCUT2D eigenvalue weighted by Gasteiger charge is 2.11. The summed E-state index contributed by atoms with van der Waals surface area (Å²) in [6.45, 7) is 8.08. The van der Waals surface area contributed by atoms with Crippen LogP contribution in [0.4, 0.5) is 0 Å². The highest BCUT2D eigenvalue weighted by Crippen LogP contribution is 2.23. The second kappa shape index (κ2) is 8.70. The average Bonchev–Trinajstić information content (AvgIpc) is 2.58. The maximum atomic E-state index is 8.85. The van der Waals surface area contributed by atoms with Crippen molar-refractivity contribution in [3.63, 3.8) is 0 Å². The summed E-state index contributed by atoms with van der Waals surface area (Å²) in [6.07, 6.45) is 3.71. The molecule has 3 heteroatoms. The lowest BCUT2D eigenvalue weighted by Crippen LogP contribution is -2.18. The van der Waals surface area contributed by atoms with Gasteiger partial charge in [-0.3, -0.25) is 0 Å². The molecule has 2 aromatic rings. The van der Waals surface area contributed by atoms with Crippen LogP contribution in [0.3, 0.4) is 0 Å². The molecule has 0 aromatic heterocycles. The van der Waals surface area contributed by atoms with Gasteiger partial charge in [-0.25, -0.2) is 0 Å². The standard InChI is InChI=1S/C21H27NOSi/c1-24(2,3)16-6-4-5-15-23-21-13-11-20(12-14-21)19-9-7-18(17-22)8-10-19/h7-14H,4-6,15-16H2,1-3H3. The molecule has 0 bridgehead atoms. The number of rotatable bonds is 8. The molecule has 0 atom stereocenters. The Morgan fingerprint density at radius 3 is 1.96 bits per heavy atom. The van der Waals surface area contributed by atoms with E-state index in [-0.39, 0.29) is 0 Å². The van der Waals surface area contributed by atoms with Crippen LogP contribution in [0, 0.1) is 11.3 Å². The van der Waals surface area contributed by atoms with E-state index in [2.05, 4.69) is 37.8 Å². The Labute approximate surface area is 147 Å². The van der Waals surface area contributed by atoms with Gasteiger partial charge in [-0.1, -0.05) is 62.8 Å². The lowest BCUT2D eigenvalue weighted by molar-refractivity contribution is 0.306. The van der Waals surface area contributed by atoms with Gasteiger partial charge in [0, 0.05) is 8.07 Å². The SMILES string of the molecule is C[Si](C)(C)CCCCCOc1ccc(-c2ccc(C#N)cc2)cc1. The number of ether oxygens (including phenoxy) is 1. The largest absolute Gasteiger partial charge is 0.494 e. The molecule has 0 fully saturated rings. The Hall–Kier alpha value is -2.05. The van der Waals surface area contributed by atoms with Crippen LogP contribution in [0.25, 0.3) is 11.1 Å². The van der Waals surface area contributed by atoms with Gasteiger partial charge in [0.25, 0.3) is 0 Å². The van der Waals surface area contributed by atoms with Crippen LogP contribution in [-0.4, -0.2) is 14.7 Å². The van der Waals surface area contributed by atoms with E-state index in [0.717, 1.165) is 29.9 Å². The maximum Gasteiger partial charge on any atom is 0.119 e. The quantitative estimate of drug-likeness (QED) is 0.430. The van der Waals surface area contributed by atoms with Crippen molar-refractivity contribution < 1.29 is 4.74 Å². The molecule has 0 saturated carbocycles. The van der Waals surface area contributed by atoms with Crippen molar-refractivity contribution in [3.05, 3.63) is 54.1 Å². The number of benzene rings is 2. The van der Waals surface area contributed by atoms with Gasteiger partial charge < -0.3 is 4.74 Å². The Kier molecular flexibility index (Phi) is 6.63. The first kappa shape index (κ1) is 18.3. The lowest BCUT2D eigenvalue weighted by Gasteiger charge is -2.15. The molecule has 126 valence electrons. The number of nitrogens with zero attached hydrogens (tertiary/aromatic N) is 1. The monoisotopic (exact) mass is 337 g/mol. The average molecular weight is 338 g/mol. The molecule has 0 saturated heterocycles. The molecular weight excluding hydrogens is 310 g/mol. The van der Waals surface area contributed by atoms with E-state index in [1.165, 1.54) is 18.9 Å². The van der Waals surface area contributed by atoms with Crippen molar-refractivity contribution >= 4 is 8.07 Å². The summed E-state index contributed by atoms with van der Waals surface area (Å²) >= 11 is 0. The highest BCUT2D eigenvalue weighted by atomic mass is 28.3. The fraction of sp³-hybridized carbons (Fsp3) is 0.381. The number of unbranched alkanes of at least 4 members (excludes halogenated alkanes) is 2. The number of hydrogen-bond donors (Lipinski definition) is 0. The molecule has 0 aliphatic heterocycles. The third kappa shape index (κ3) is 6.21. The molecule has 0 spiro atoms. The topological polar surface area (TPSA) is 33.0 Å². The molecule has 2 nitrogen and oxygen atoms in total. The summed E-state index contributed by atoms with van der Waals surface area (Å²) in [5.74, 6) is 0.928. The summed E-state index contributed by atoms with van der Waals surface area (Å²) in [5.41, 5.74) is 2.95. The maximum absolute atomic E-state index is 8.85. The van der Waals surface area contributed by atoms with Crippen LogP contribution < -0.4 is 4.74 Å². The second-order valence-electron chi connectivity index (χ2n) is 7.43. The zero-order valence-corrected chi connectivity index (χ0v) is 16.0. The second-order valence-corrected chi connectivity index (χ2v) is 13.1. The zero-order chi connectivity index (χ0) is 17.4. The van der Waals surface area contributed by atoms with Gasteiger partial charge in [-0.15, -0.1) is 0 Å². The Balaban J connectivity index is 1.77. The molecule has 24 heavy (non-hydrogen) atoms. The highest BCUT2D eigenvalue weighted by molar-refractivity contribution is 6.76.